The fourth-order valence-corrected chi connectivity index (χ4v) is 1.33. The number of nitrogens with one attached hydrogen (secondary N) is 1. The van der Waals surface area contributed by atoms with Gasteiger partial charge in [-0.05, 0) is 24.1 Å². The minimum Gasteiger partial charge on any atom is -0.377 e. The smallest absolute Gasteiger partial charge is 0.148 e. The van der Waals surface area contributed by atoms with Gasteiger partial charge in [0.2, 0.25) is 0 Å². The molecule has 0 spiro atoms. The van der Waals surface area contributed by atoms with Crippen molar-refractivity contribution in [2.75, 3.05) is 25.1 Å². The molecular weight excluding hydrogens is 178 g/mol. The SMILES string of the molecule is C1=C(CNc2cccnn2)COCC1. The van der Waals surface area contributed by atoms with E-state index >= 15 is 0 Å². The second kappa shape index (κ2) is 4.72. The Labute approximate surface area is 83.0 Å². The van der Waals surface area contributed by atoms with E-state index in [9.17, 15) is 0 Å². The van der Waals surface area contributed by atoms with Gasteiger partial charge in [-0.25, -0.2) is 0 Å². The Morgan fingerprint density at radius 3 is 3.21 bits per heavy atom. The maximum atomic E-state index is 5.33. The molecule has 0 aromatic carbocycles. The average Bonchev–Trinajstić information content (AvgIpc) is 2.29. The summed E-state index contributed by atoms with van der Waals surface area (Å²) in [5.74, 6) is 0.805. The predicted molar refractivity (Wildman–Crippen MR) is 54.0 cm³/mol. The lowest BCUT2D eigenvalue weighted by molar-refractivity contribution is 0.150. The van der Waals surface area contributed by atoms with Crippen molar-refractivity contribution in [3.05, 3.63) is 30.0 Å². The van der Waals surface area contributed by atoms with Crippen LogP contribution in [0, 0.1) is 0 Å². The Kier molecular flexibility index (Phi) is 3.08. The van der Waals surface area contributed by atoms with Crippen molar-refractivity contribution in [1.29, 1.82) is 0 Å². The van der Waals surface area contributed by atoms with Gasteiger partial charge in [-0.15, -0.1) is 5.10 Å². The lowest BCUT2D eigenvalue weighted by atomic mass is 10.2. The van der Waals surface area contributed by atoms with Crippen LogP contribution in [0.2, 0.25) is 0 Å². The van der Waals surface area contributed by atoms with E-state index in [-0.39, 0.29) is 0 Å². The van der Waals surface area contributed by atoms with Crippen LogP contribution in [0.4, 0.5) is 5.82 Å². The van der Waals surface area contributed by atoms with Gasteiger partial charge in [0.25, 0.3) is 0 Å². The summed E-state index contributed by atoms with van der Waals surface area (Å²) in [4.78, 5) is 0. The molecule has 0 atom stereocenters. The lowest BCUT2D eigenvalue weighted by Crippen LogP contribution is -2.14. The maximum Gasteiger partial charge on any atom is 0.148 e. The zero-order valence-electron chi connectivity index (χ0n) is 7.94. The quantitative estimate of drug-likeness (QED) is 0.730. The summed E-state index contributed by atoms with van der Waals surface area (Å²) >= 11 is 0. The summed E-state index contributed by atoms with van der Waals surface area (Å²) < 4.78 is 5.33. The molecule has 14 heavy (non-hydrogen) atoms. The summed E-state index contributed by atoms with van der Waals surface area (Å²) in [6, 6.07) is 3.76. The van der Waals surface area contributed by atoms with Crippen LogP contribution in [0.5, 0.6) is 0 Å². The molecule has 0 unspecified atom stereocenters. The highest BCUT2D eigenvalue weighted by molar-refractivity contribution is 5.33. The molecule has 0 radical (unpaired) electrons. The third kappa shape index (κ3) is 2.53. The molecule has 0 aliphatic carbocycles. The van der Waals surface area contributed by atoms with E-state index in [4.69, 9.17) is 4.74 Å². The summed E-state index contributed by atoms with van der Waals surface area (Å²) in [7, 11) is 0. The van der Waals surface area contributed by atoms with Crippen molar-refractivity contribution < 1.29 is 4.74 Å². The first-order chi connectivity index (χ1) is 6.95. The fraction of sp³-hybridized carbons (Fsp3) is 0.400. The van der Waals surface area contributed by atoms with Gasteiger partial charge in [0.1, 0.15) is 5.82 Å². The van der Waals surface area contributed by atoms with Gasteiger partial charge in [-0.3, -0.25) is 0 Å². The van der Waals surface area contributed by atoms with Gasteiger partial charge < -0.3 is 10.1 Å². The van der Waals surface area contributed by atoms with Crippen molar-refractivity contribution in [2.24, 2.45) is 0 Å². The summed E-state index contributed by atoms with van der Waals surface area (Å²) in [6.45, 7) is 2.36. The Balaban J connectivity index is 1.85. The van der Waals surface area contributed by atoms with E-state index < -0.39 is 0 Å². The second-order valence-electron chi connectivity index (χ2n) is 3.17. The largest absolute Gasteiger partial charge is 0.377 e. The topological polar surface area (TPSA) is 47.0 Å². The molecule has 0 fully saturated rings. The van der Waals surface area contributed by atoms with Crippen LogP contribution in [0.15, 0.2) is 30.0 Å². The molecule has 1 N–H and O–H groups in total. The minimum absolute atomic E-state index is 0.729. The monoisotopic (exact) mass is 191 g/mol. The highest BCUT2D eigenvalue weighted by atomic mass is 16.5. The summed E-state index contributed by atoms with van der Waals surface area (Å²) in [5, 5.41) is 10.9. The van der Waals surface area contributed by atoms with Gasteiger partial charge in [0.05, 0.1) is 13.2 Å². The number of nitrogens with zero attached hydrogens (tertiary/aromatic N) is 2. The van der Waals surface area contributed by atoms with Crippen molar-refractivity contribution in [3.63, 3.8) is 0 Å². The van der Waals surface area contributed by atoms with Crippen molar-refractivity contribution >= 4 is 5.82 Å². The molecule has 0 bridgehead atoms. The van der Waals surface area contributed by atoms with Crippen molar-refractivity contribution in [1.82, 2.24) is 10.2 Å². The van der Waals surface area contributed by atoms with Crippen LogP contribution in [0.25, 0.3) is 0 Å². The zero-order valence-corrected chi connectivity index (χ0v) is 7.94. The number of anilines is 1. The first-order valence-corrected chi connectivity index (χ1v) is 4.72. The minimum atomic E-state index is 0.729. The van der Waals surface area contributed by atoms with Crippen LogP contribution in [0.3, 0.4) is 0 Å². The Morgan fingerprint density at radius 2 is 2.50 bits per heavy atom. The second-order valence-corrected chi connectivity index (χ2v) is 3.17. The van der Waals surface area contributed by atoms with Gasteiger partial charge >= 0.3 is 0 Å². The number of rotatable bonds is 3. The van der Waals surface area contributed by atoms with E-state index in [0.29, 0.717) is 0 Å². The van der Waals surface area contributed by atoms with E-state index in [0.717, 1.165) is 32.0 Å². The maximum absolute atomic E-state index is 5.33. The lowest BCUT2D eigenvalue weighted by Gasteiger charge is -2.14. The molecule has 74 valence electrons. The van der Waals surface area contributed by atoms with E-state index in [1.165, 1.54) is 5.57 Å². The molecule has 4 heteroatoms. The molecule has 0 saturated carbocycles. The van der Waals surface area contributed by atoms with Gasteiger partial charge in [-0.2, -0.15) is 5.10 Å². The molecule has 2 rings (SSSR count). The first kappa shape index (κ1) is 9.15. The molecule has 1 aromatic heterocycles. The van der Waals surface area contributed by atoms with E-state index in [1.54, 1.807) is 6.20 Å². The van der Waals surface area contributed by atoms with Gasteiger partial charge in [0.15, 0.2) is 0 Å². The van der Waals surface area contributed by atoms with Crippen LogP contribution >= 0.6 is 0 Å². The Morgan fingerprint density at radius 1 is 1.50 bits per heavy atom. The van der Waals surface area contributed by atoms with E-state index in [2.05, 4.69) is 21.6 Å². The van der Waals surface area contributed by atoms with Crippen LogP contribution in [0.1, 0.15) is 6.42 Å². The number of ether oxygens (including phenoxy) is 1. The summed E-state index contributed by atoms with van der Waals surface area (Å²) in [5.41, 5.74) is 1.28. The highest BCUT2D eigenvalue weighted by Gasteiger charge is 2.03. The van der Waals surface area contributed by atoms with Gasteiger partial charge in [0, 0.05) is 12.7 Å². The first-order valence-electron chi connectivity index (χ1n) is 4.72. The zero-order chi connectivity index (χ0) is 9.64. The predicted octanol–water partition coefficient (Wildman–Crippen LogP) is 1.24. The highest BCUT2D eigenvalue weighted by Crippen LogP contribution is 2.06. The molecule has 0 amide bonds. The van der Waals surface area contributed by atoms with Crippen molar-refractivity contribution in [3.8, 4) is 0 Å². The Bertz CT molecular complexity index is 310. The average molecular weight is 191 g/mol. The standard InChI is InChI=1S/C10H13N3O/c1-4-10(13-12-5-1)11-7-9-3-2-6-14-8-9/h1,3-5H,2,6-8H2,(H,11,13). The third-order valence-electron chi connectivity index (χ3n) is 2.05. The third-order valence-corrected chi connectivity index (χ3v) is 2.05. The van der Waals surface area contributed by atoms with Gasteiger partial charge in [-0.1, -0.05) is 6.08 Å². The van der Waals surface area contributed by atoms with Crippen molar-refractivity contribution in [2.45, 2.75) is 6.42 Å². The number of hydrogen-bond donors (Lipinski definition) is 1. The fourth-order valence-electron chi connectivity index (χ4n) is 1.33. The normalized spacial score (nSPS) is 16.1. The molecular formula is C10H13N3O. The summed E-state index contributed by atoms with van der Waals surface area (Å²) in [6.07, 6.45) is 4.89. The molecule has 1 aliphatic rings. The molecule has 4 nitrogen and oxygen atoms in total. The van der Waals surface area contributed by atoms with Crippen LogP contribution in [-0.4, -0.2) is 30.0 Å². The van der Waals surface area contributed by atoms with Crippen LogP contribution in [-0.2, 0) is 4.74 Å². The molecule has 2 heterocycles. The van der Waals surface area contributed by atoms with E-state index in [1.807, 2.05) is 12.1 Å². The number of aromatic nitrogens is 2. The molecule has 1 aliphatic heterocycles. The molecule has 1 aromatic rings. The molecule has 0 saturated heterocycles. The van der Waals surface area contributed by atoms with Crippen LogP contribution < -0.4 is 5.32 Å². The number of hydrogen-bond acceptors (Lipinski definition) is 4. The Hall–Kier alpha value is -1.42.